The van der Waals surface area contributed by atoms with Crippen molar-refractivity contribution in [1.29, 1.82) is 0 Å². The molecular formula is C16H20N2O2. The van der Waals surface area contributed by atoms with Gasteiger partial charge in [-0.2, -0.15) is 0 Å². The molecular weight excluding hydrogens is 252 g/mol. The van der Waals surface area contributed by atoms with Gasteiger partial charge in [0.05, 0.1) is 16.6 Å². The van der Waals surface area contributed by atoms with Crippen LogP contribution in [0.15, 0.2) is 18.2 Å². The number of imidazole rings is 1. The fourth-order valence-electron chi connectivity index (χ4n) is 2.75. The predicted molar refractivity (Wildman–Crippen MR) is 78.2 cm³/mol. The van der Waals surface area contributed by atoms with E-state index in [0.717, 1.165) is 23.3 Å². The van der Waals surface area contributed by atoms with Crippen LogP contribution in [0.5, 0.6) is 0 Å². The normalized spacial score (nSPS) is 22.2. The summed E-state index contributed by atoms with van der Waals surface area (Å²) in [6.07, 6.45) is 1.14. The molecule has 1 N–H and O–H groups in total. The van der Waals surface area contributed by atoms with Crippen molar-refractivity contribution in [2.24, 2.45) is 5.92 Å². The predicted octanol–water partition coefficient (Wildman–Crippen LogP) is 3.61. The second-order valence-electron chi connectivity index (χ2n) is 6.84. The van der Waals surface area contributed by atoms with Gasteiger partial charge in [-0.15, -0.1) is 0 Å². The number of carboxylic acid groups (broad SMARTS) is 1. The number of carboxylic acids is 1. The number of hydrogen-bond donors (Lipinski definition) is 1. The fourth-order valence-corrected chi connectivity index (χ4v) is 2.75. The van der Waals surface area contributed by atoms with Gasteiger partial charge in [-0.05, 0) is 30.5 Å². The zero-order chi connectivity index (χ0) is 14.7. The van der Waals surface area contributed by atoms with E-state index in [1.165, 1.54) is 0 Å². The Kier molecular flexibility index (Phi) is 2.68. The highest BCUT2D eigenvalue weighted by Crippen LogP contribution is 2.46. The summed E-state index contributed by atoms with van der Waals surface area (Å²) in [4.78, 5) is 15.9. The molecule has 1 heterocycles. The molecule has 2 atom stereocenters. The van der Waals surface area contributed by atoms with E-state index >= 15 is 0 Å². The van der Waals surface area contributed by atoms with Crippen LogP contribution in [0.25, 0.3) is 11.0 Å². The van der Waals surface area contributed by atoms with Crippen molar-refractivity contribution >= 4 is 17.0 Å². The van der Waals surface area contributed by atoms with E-state index in [4.69, 9.17) is 4.98 Å². The lowest BCUT2D eigenvalue weighted by Crippen LogP contribution is -2.19. The van der Waals surface area contributed by atoms with E-state index in [1.807, 2.05) is 6.07 Å². The van der Waals surface area contributed by atoms with Crippen molar-refractivity contribution < 1.29 is 9.90 Å². The second kappa shape index (κ2) is 4.08. The van der Waals surface area contributed by atoms with Crippen LogP contribution in [0.4, 0.5) is 0 Å². The third kappa shape index (κ3) is 1.99. The SMILES string of the molecule is CC1CC1n1c(C(C)(C)C)nc2ccc(C(=O)O)cc21. The van der Waals surface area contributed by atoms with E-state index in [-0.39, 0.29) is 5.41 Å². The summed E-state index contributed by atoms with van der Waals surface area (Å²) in [5.74, 6) is 0.798. The first-order valence-corrected chi connectivity index (χ1v) is 7.05. The van der Waals surface area contributed by atoms with Crippen LogP contribution >= 0.6 is 0 Å². The molecule has 1 saturated carbocycles. The average Bonchev–Trinajstić information content (AvgIpc) is 2.93. The summed E-state index contributed by atoms with van der Waals surface area (Å²) in [5.41, 5.74) is 2.11. The van der Waals surface area contributed by atoms with Crippen LogP contribution < -0.4 is 0 Å². The van der Waals surface area contributed by atoms with E-state index < -0.39 is 5.97 Å². The third-order valence-corrected chi connectivity index (χ3v) is 4.01. The van der Waals surface area contributed by atoms with Crippen LogP contribution in [0.1, 0.15) is 56.3 Å². The van der Waals surface area contributed by atoms with E-state index in [0.29, 0.717) is 17.5 Å². The molecule has 1 fully saturated rings. The zero-order valence-electron chi connectivity index (χ0n) is 12.3. The molecule has 3 rings (SSSR count). The Morgan fingerprint density at radius 3 is 2.55 bits per heavy atom. The summed E-state index contributed by atoms with van der Waals surface area (Å²) < 4.78 is 2.26. The van der Waals surface area contributed by atoms with Crippen molar-refractivity contribution in [2.75, 3.05) is 0 Å². The zero-order valence-corrected chi connectivity index (χ0v) is 12.3. The van der Waals surface area contributed by atoms with Crippen molar-refractivity contribution in [2.45, 2.75) is 45.6 Å². The van der Waals surface area contributed by atoms with Gasteiger partial charge in [-0.25, -0.2) is 9.78 Å². The molecule has 0 radical (unpaired) electrons. The Morgan fingerprint density at radius 1 is 1.40 bits per heavy atom. The lowest BCUT2D eigenvalue weighted by atomic mass is 9.95. The number of aromatic nitrogens is 2. The van der Waals surface area contributed by atoms with Crippen LogP contribution in [0, 0.1) is 5.92 Å². The number of hydrogen-bond acceptors (Lipinski definition) is 2. The van der Waals surface area contributed by atoms with Gasteiger partial charge in [0, 0.05) is 11.5 Å². The Morgan fingerprint density at radius 2 is 2.05 bits per heavy atom. The molecule has 4 heteroatoms. The first-order valence-electron chi connectivity index (χ1n) is 7.05. The first kappa shape index (κ1) is 13.2. The van der Waals surface area contributed by atoms with E-state index in [9.17, 15) is 9.90 Å². The van der Waals surface area contributed by atoms with E-state index in [1.54, 1.807) is 12.1 Å². The Balaban J connectivity index is 2.27. The monoisotopic (exact) mass is 272 g/mol. The highest BCUT2D eigenvalue weighted by atomic mass is 16.4. The maximum atomic E-state index is 11.2. The van der Waals surface area contributed by atoms with Gasteiger partial charge in [-0.3, -0.25) is 0 Å². The summed E-state index contributed by atoms with van der Waals surface area (Å²) in [6.45, 7) is 8.67. The molecule has 0 aliphatic heterocycles. The molecule has 2 aromatic rings. The lowest BCUT2D eigenvalue weighted by Gasteiger charge is -2.20. The molecule has 1 aromatic carbocycles. The second-order valence-corrected chi connectivity index (χ2v) is 6.84. The quantitative estimate of drug-likeness (QED) is 0.908. The van der Waals surface area contributed by atoms with Crippen molar-refractivity contribution in [3.63, 3.8) is 0 Å². The van der Waals surface area contributed by atoms with Crippen molar-refractivity contribution in [1.82, 2.24) is 9.55 Å². The number of rotatable bonds is 2. The van der Waals surface area contributed by atoms with Gasteiger partial charge in [0.15, 0.2) is 0 Å². The van der Waals surface area contributed by atoms with Crippen molar-refractivity contribution in [3.8, 4) is 0 Å². The molecule has 1 aromatic heterocycles. The maximum absolute atomic E-state index is 11.2. The highest BCUT2D eigenvalue weighted by molar-refractivity contribution is 5.92. The molecule has 4 nitrogen and oxygen atoms in total. The molecule has 1 aliphatic rings. The molecule has 1 aliphatic carbocycles. The Labute approximate surface area is 118 Å². The molecule has 106 valence electrons. The van der Waals surface area contributed by atoms with Gasteiger partial charge in [-0.1, -0.05) is 27.7 Å². The topological polar surface area (TPSA) is 55.1 Å². The maximum Gasteiger partial charge on any atom is 0.335 e. The van der Waals surface area contributed by atoms with Crippen LogP contribution in [-0.4, -0.2) is 20.6 Å². The molecule has 2 unspecified atom stereocenters. The smallest absolute Gasteiger partial charge is 0.335 e. The van der Waals surface area contributed by atoms with Crippen LogP contribution in [-0.2, 0) is 5.41 Å². The largest absolute Gasteiger partial charge is 0.478 e. The summed E-state index contributed by atoms with van der Waals surface area (Å²) in [5, 5.41) is 9.18. The molecule has 0 bridgehead atoms. The van der Waals surface area contributed by atoms with Gasteiger partial charge < -0.3 is 9.67 Å². The highest BCUT2D eigenvalue weighted by Gasteiger charge is 2.39. The number of carbonyl (C=O) groups is 1. The molecule has 0 amide bonds. The standard InChI is InChI=1S/C16H20N2O2/c1-9-7-12(9)18-13-8-10(14(19)20)5-6-11(13)17-15(18)16(2,3)4/h5-6,8-9,12H,7H2,1-4H3,(H,19,20). The molecule has 0 saturated heterocycles. The fraction of sp³-hybridized carbons (Fsp3) is 0.500. The first-order chi connectivity index (χ1) is 9.29. The lowest BCUT2D eigenvalue weighted by molar-refractivity contribution is 0.0697. The van der Waals surface area contributed by atoms with Crippen LogP contribution in [0.2, 0.25) is 0 Å². The van der Waals surface area contributed by atoms with Gasteiger partial charge in [0.2, 0.25) is 0 Å². The van der Waals surface area contributed by atoms with Crippen molar-refractivity contribution in [3.05, 3.63) is 29.6 Å². The average molecular weight is 272 g/mol. The minimum atomic E-state index is -0.888. The van der Waals surface area contributed by atoms with E-state index in [2.05, 4.69) is 32.3 Å². The molecule has 20 heavy (non-hydrogen) atoms. The summed E-state index contributed by atoms with van der Waals surface area (Å²) >= 11 is 0. The van der Waals surface area contributed by atoms with Gasteiger partial charge in [0.1, 0.15) is 5.82 Å². The Bertz CT molecular complexity index is 694. The third-order valence-electron chi connectivity index (χ3n) is 4.01. The number of fused-ring (bicyclic) bond motifs is 1. The Hall–Kier alpha value is -1.84. The van der Waals surface area contributed by atoms with Gasteiger partial charge >= 0.3 is 5.97 Å². The minimum Gasteiger partial charge on any atom is -0.478 e. The summed E-state index contributed by atoms with van der Waals surface area (Å²) in [7, 11) is 0. The minimum absolute atomic E-state index is 0.0509. The molecule has 0 spiro atoms. The number of aromatic carboxylic acids is 1. The number of benzene rings is 1. The summed E-state index contributed by atoms with van der Waals surface area (Å²) in [6, 6.07) is 5.66. The number of nitrogens with zero attached hydrogens (tertiary/aromatic N) is 2. The van der Waals surface area contributed by atoms with Crippen LogP contribution in [0.3, 0.4) is 0 Å². The van der Waals surface area contributed by atoms with Gasteiger partial charge in [0.25, 0.3) is 0 Å².